The Kier molecular flexibility index (Phi) is 8.66. The van der Waals surface area contributed by atoms with E-state index in [0.29, 0.717) is 24.4 Å². The second-order valence-electron chi connectivity index (χ2n) is 7.89. The van der Waals surface area contributed by atoms with Gasteiger partial charge in [-0.3, -0.25) is 9.59 Å². The molecule has 0 aromatic heterocycles. The monoisotopic (exact) mass is 433 g/mol. The molecule has 30 heavy (non-hydrogen) atoms. The molecule has 0 atom stereocenters. The maximum Gasteiger partial charge on any atom is 0.243 e. The van der Waals surface area contributed by atoms with E-state index in [1.807, 2.05) is 12.1 Å². The zero-order chi connectivity index (χ0) is 21.3. The minimum atomic E-state index is -0.169. The van der Waals surface area contributed by atoms with Crippen LogP contribution in [0.15, 0.2) is 29.4 Å². The zero-order valence-corrected chi connectivity index (χ0v) is 18.5. The Bertz CT molecular complexity index is 744. The van der Waals surface area contributed by atoms with E-state index in [2.05, 4.69) is 27.1 Å². The number of halogens is 1. The molecule has 2 aliphatic rings. The first-order valence-corrected chi connectivity index (χ1v) is 11.3. The Balaban J connectivity index is 1.39. The van der Waals surface area contributed by atoms with Crippen molar-refractivity contribution in [1.82, 2.24) is 20.1 Å². The Labute approximate surface area is 184 Å². The van der Waals surface area contributed by atoms with Gasteiger partial charge in [-0.2, -0.15) is 5.10 Å². The normalized spacial score (nSPS) is 18.4. The van der Waals surface area contributed by atoms with Crippen molar-refractivity contribution in [2.45, 2.75) is 32.6 Å². The average molecular weight is 434 g/mol. The Morgan fingerprint density at radius 2 is 1.73 bits per heavy atom. The smallest absolute Gasteiger partial charge is 0.243 e. The van der Waals surface area contributed by atoms with Gasteiger partial charge in [-0.15, -0.1) is 0 Å². The molecule has 0 radical (unpaired) electrons. The minimum absolute atomic E-state index is 0.0361. The van der Waals surface area contributed by atoms with Crippen LogP contribution in [0.5, 0.6) is 0 Å². The van der Waals surface area contributed by atoms with Gasteiger partial charge in [0.1, 0.15) is 6.54 Å². The molecule has 2 heterocycles. The van der Waals surface area contributed by atoms with E-state index < -0.39 is 0 Å². The summed E-state index contributed by atoms with van der Waals surface area (Å²) in [6.45, 7) is 9.42. The molecule has 0 saturated carbocycles. The standard InChI is InChI=1S/C22H32ClN5O2/c1-2-11-26-13-15-27(16-14-26)12-3-10-24-21(29)17-28-22(30)9-8-20(25-28)18-4-6-19(23)7-5-18/h4-7H,2-3,8-17H2,1H3,(H,24,29). The molecule has 1 fully saturated rings. The van der Waals surface area contributed by atoms with Crippen LogP contribution >= 0.6 is 11.6 Å². The number of carbonyl (C=O) groups excluding carboxylic acids is 2. The van der Waals surface area contributed by atoms with Crippen LogP contribution in [0.1, 0.15) is 38.2 Å². The van der Waals surface area contributed by atoms with Gasteiger partial charge in [0.15, 0.2) is 0 Å². The first-order valence-electron chi connectivity index (χ1n) is 10.9. The summed E-state index contributed by atoms with van der Waals surface area (Å²) < 4.78 is 0. The number of nitrogens with one attached hydrogen (secondary N) is 1. The molecule has 0 spiro atoms. The summed E-state index contributed by atoms with van der Waals surface area (Å²) in [6, 6.07) is 7.38. The number of benzene rings is 1. The summed E-state index contributed by atoms with van der Waals surface area (Å²) in [4.78, 5) is 29.4. The second-order valence-corrected chi connectivity index (χ2v) is 8.33. The van der Waals surface area contributed by atoms with Gasteiger partial charge in [-0.25, -0.2) is 5.01 Å². The summed E-state index contributed by atoms with van der Waals surface area (Å²) in [5.41, 5.74) is 1.73. The molecule has 8 heteroatoms. The minimum Gasteiger partial charge on any atom is -0.354 e. The van der Waals surface area contributed by atoms with Crippen LogP contribution in [0.25, 0.3) is 0 Å². The first-order chi connectivity index (χ1) is 14.5. The molecule has 7 nitrogen and oxygen atoms in total. The average Bonchev–Trinajstić information content (AvgIpc) is 2.75. The number of carbonyl (C=O) groups is 2. The van der Waals surface area contributed by atoms with Crippen molar-refractivity contribution in [2.24, 2.45) is 5.10 Å². The van der Waals surface area contributed by atoms with Gasteiger partial charge in [0.25, 0.3) is 0 Å². The van der Waals surface area contributed by atoms with Crippen molar-refractivity contribution >= 4 is 29.1 Å². The number of hydrazone groups is 1. The highest BCUT2D eigenvalue weighted by atomic mass is 35.5. The van der Waals surface area contributed by atoms with Crippen LogP contribution in [0.3, 0.4) is 0 Å². The Morgan fingerprint density at radius 1 is 1.07 bits per heavy atom. The van der Waals surface area contributed by atoms with Crippen LogP contribution in [-0.4, -0.2) is 84.7 Å². The number of piperazine rings is 1. The highest BCUT2D eigenvalue weighted by molar-refractivity contribution is 6.30. The van der Waals surface area contributed by atoms with Crippen LogP contribution in [-0.2, 0) is 9.59 Å². The van der Waals surface area contributed by atoms with Gasteiger partial charge in [-0.1, -0.05) is 30.7 Å². The number of hydrogen-bond donors (Lipinski definition) is 1. The molecule has 0 bridgehead atoms. The van der Waals surface area contributed by atoms with E-state index in [-0.39, 0.29) is 18.4 Å². The lowest BCUT2D eigenvalue weighted by molar-refractivity contribution is -0.136. The molecule has 0 aliphatic carbocycles. The van der Waals surface area contributed by atoms with E-state index in [9.17, 15) is 9.59 Å². The lowest BCUT2D eigenvalue weighted by atomic mass is 10.0. The SMILES string of the molecule is CCCN1CCN(CCCNC(=O)CN2N=C(c3ccc(Cl)cc3)CCC2=O)CC1. The fraction of sp³-hybridized carbons (Fsp3) is 0.591. The van der Waals surface area contributed by atoms with E-state index in [4.69, 9.17) is 11.6 Å². The third-order valence-electron chi connectivity index (χ3n) is 5.55. The largest absolute Gasteiger partial charge is 0.354 e. The van der Waals surface area contributed by atoms with Gasteiger partial charge in [0, 0.05) is 50.6 Å². The number of nitrogens with zero attached hydrogens (tertiary/aromatic N) is 4. The third-order valence-corrected chi connectivity index (χ3v) is 5.81. The lowest BCUT2D eigenvalue weighted by Crippen LogP contribution is -2.47. The molecule has 0 unspecified atom stereocenters. The van der Waals surface area contributed by atoms with E-state index in [1.165, 1.54) is 18.0 Å². The molecular weight excluding hydrogens is 402 g/mol. The molecular formula is C22H32ClN5O2. The second kappa shape index (κ2) is 11.4. The van der Waals surface area contributed by atoms with Crippen molar-refractivity contribution in [1.29, 1.82) is 0 Å². The third kappa shape index (κ3) is 6.79. The summed E-state index contributed by atoms with van der Waals surface area (Å²) in [6.07, 6.45) is 3.05. The van der Waals surface area contributed by atoms with Crippen molar-refractivity contribution in [3.8, 4) is 0 Å². The van der Waals surface area contributed by atoms with Gasteiger partial charge >= 0.3 is 0 Å². The van der Waals surface area contributed by atoms with Crippen molar-refractivity contribution in [3.05, 3.63) is 34.9 Å². The van der Waals surface area contributed by atoms with Crippen LogP contribution in [0.2, 0.25) is 5.02 Å². The van der Waals surface area contributed by atoms with E-state index in [1.54, 1.807) is 12.1 Å². The zero-order valence-electron chi connectivity index (χ0n) is 17.8. The Morgan fingerprint density at radius 3 is 2.40 bits per heavy atom. The first kappa shape index (κ1) is 22.7. The highest BCUT2D eigenvalue weighted by Gasteiger charge is 2.23. The molecule has 2 amide bonds. The Hall–Kier alpha value is -1.96. The molecule has 1 saturated heterocycles. The van der Waals surface area contributed by atoms with Crippen molar-refractivity contribution in [3.63, 3.8) is 0 Å². The fourth-order valence-electron chi connectivity index (χ4n) is 3.85. The molecule has 1 aromatic carbocycles. The number of hydrogen-bond acceptors (Lipinski definition) is 5. The van der Waals surface area contributed by atoms with E-state index >= 15 is 0 Å². The molecule has 1 N–H and O–H groups in total. The highest BCUT2D eigenvalue weighted by Crippen LogP contribution is 2.17. The van der Waals surface area contributed by atoms with Gasteiger partial charge in [0.2, 0.25) is 11.8 Å². The maximum atomic E-state index is 12.3. The summed E-state index contributed by atoms with van der Waals surface area (Å²) in [5.74, 6) is -0.287. The van der Waals surface area contributed by atoms with Gasteiger partial charge in [-0.05, 0) is 43.6 Å². The quantitative estimate of drug-likeness (QED) is 0.606. The van der Waals surface area contributed by atoms with E-state index in [0.717, 1.165) is 50.4 Å². The summed E-state index contributed by atoms with van der Waals surface area (Å²) in [7, 11) is 0. The molecule has 3 rings (SSSR count). The number of amides is 2. The maximum absolute atomic E-state index is 12.3. The predicted molar refractivity (Wildman–Crippen MR) is 120 cm³/mol. The summed E-state index contributed by atoms with van der Waals surface area (Å²) >= 11 is 5.94. The molecule has 2 aliphatic heterocycles. The lowest BCUT2D eigenvalue weighted by Gasteiger charge is -2.34. The van der Waals surface area contributed by atoms with Gasteiger partial charge < -0.3 is 15.1 Å². The van der Waals surface area contributed by atoms with Crippen LogP contribution in [0, 0.1) is 0 Å². The van der Waals surface area contributed by atoms with Crippen LogP contribution < -0.4 is 5.32 Å². The topological polar surface area (TPSA) is 68.2 Å². The molecule has 1 aromatic rings. The van der Waals surface area contributed by atoms with Crippen LogP contribution in [0.4, 0.5) is 0 Å². The summed E-state index contributed by atoms with van der Waals surface area (Å²) in [5, 5.41) is 9.28. The molecule has 164 valence electrons. The number of rotatable bonds is 9. The van der Waals surface area contributed by atoms with Crippen molar-refractivity contribution in [2.75, 3.05) is 52.4 Å². The predicted octanol–water partition coefficient (Wildman–Crippen LogP) is 2.20. The van der Waals surface area contributed by atoms with Gasteiger partial charge in [0.05, 0.1) is 5.71 Å². The fourth-order valence-corrected chi connectivity index (χ4v) is 3.97. The van der Waals surface area contributed by atoms with Crippen molar-refractivity contribution < 1.29 is 9.59 Å².